The van der Waals surface area contributed by atoms with E-state index in [1.54, 1.807) is 12.1 Å². The molecule has 190 valence electrons. The summed E-state index contributed by atoms with van der Waals surface area (Å²) < 4.78 is 12.0. The number of carbonyl (C=O) groups is 2. The molecular weight excluding hydrogens is 472 g/mol. The molecule has 0 saturated heterocycles. The van der Waals surface area contributed by atoms with E-state index in [0.29, 0.717) is 17.9 Å². The minimum atomic E-state index is -0.674. The van der Waals surface area contributed by atoms with Crippen molar-refractivity contribution in [1.29, 1.82) is 0 Å². The highest BCUT2D eigenvalue weighted by Crippen LogP contribution is 2.64. The minimum absolute atomic E-state index is 0.159. The summed E-state index contributed by atoms with van der Waals surface area (Å²) in [6.45, 7) is 6.97. The molecule has 0 N–H and O–H groups in total. The Balaban J connectivity index is 1.73. The van der Waals surface area contributed by atoms with Crippen LogP contribution >= 0.6 is 0 Å². The summed E-state index contributed by atoms with van der Waals surface area (Å²) in [5, 5.41) is 0. The van der Waals surface area contributed by atoms with Crippen LogP contribution in [0.5, 0.6) is 11.5 Å². The van der Waals surface area contributed by atoms with Crippen molar-refractivity contribution in [2.45, 2.75) is 45.4 Å². The Bertz CT molecular complexity index is 1530. The Morgan fingerprint density at radius 3 is 1.87 bits per heavy atom. The Kier molecular flexibility index (Phi) is 5.53. The average Bonchev–Trinajstić information content (AvgIpc) is 2.90. The molecule has 4 heteroatoms. The standard InChI is InChI=1S/C34H30O4/c1-21(35)37-28-19-18-27(38-32(36)33(2,3)4)30-29-23-14-8-10-16-25(23)34(31(28)30,20-22-12-6-5-7-13-22)26-17-11-9-15-24(26)29/h5-19,29H,20H2,1-4H3. The third-order valence-electron chi connectivity index (χ3n) is 7.73. The van der Waals surface area contributed by atoms with Gasteiger partial charge in [-0.05, 0) is 67.1 Å². The van der Waals surface area contributed by atoms with Gasteiger partial charge in [-0.25, -0.2) is 0 Å². The van der Waals surface area contributed by atoms with Gasteiger partial charge >= 0.3 is 11.9 Å². The number of rotatable bonds is 4. The lowest BCUT2D eigenvalue weighted by atomic mass is 9.51. The van der Waals surface area contributed by atoms with Gasteiger partial charge in [0.05, 0.1) is 10.8 Å². The molecule has 0 atom stereocenters. The number of ether oxygens (including phenoxy) is 2. The molecule has 0 heterocycles. The highest BCUT2D eigenvalue weighted by atomic mass is 16.5. The molecule has 0 unspecified atom stereocenters. The molecule has 2 bridgehead atoms. The Morgan fingerprint density at radius 2 is 1.29 bits per heavy atom. The maximum Gasteiger partial charge on any atom is 0.316 e. The van der Waals surface area contributed by atoms with Gasteiger partial charge in [0.1, 0.15) is 11.5 Å². The van der Waals surface area contributed by atoms with E-state index < -0.39 is 10.8 Å². The maximum absolute atomic E-state index is 13.1. The lowest BCUT2D eigenvalue weighted by Crippen LogP contribution is -2.44. The number of hydrogen-bond donors (Lipinski definition) is 0. The first kappa shape index (κ1) is 24.2. The molecule has 0 fully saturated rings. The van der Waals surface area contributed by atoms with Crippen molar-refractivity contribution in [2.24, 2.45) is 5.41 Å². The molecule has 4 aromatic rings. The molecule has 4 nitrogen and oxygen atoms in total. The van der Waals surface area contributed by atoms with E-state index in [4.69, 9.17) is 9.47 Å². The molecule has 7 rings (SSSR count). The van der Waals surface area contributed by atoms with Crippen LogP contribution in [0.3, 0.4) is 0 Å². The fraction of sp³-hybridized carbons (Fsp3) is 0.235. The van der Waals surface area contributed by atoms with Crippen molar-refractivity contribution in [3.05, 3.63) is 130 Å². The van der Waals surface area contributed by atoms with Gasteiger partial charge in [-0.15, -0.1) is 0 Å². The molecule has 0 amide bonds. The van der Waals surface area contributed by atoms with Crippen molar-refractivity contribution in [1.82, 2.24) is 0 Å². The Morgan fingerprint density at radius 1 is 0.737 bits per heavy atom. The zero-order valence-electron chi connectivity index (χ0n) is 22.1. The van der Waals surface area contributed by atoms with Crippen LogP contribution < -0.4 is 9.47 Å². The van der Waals surface area contributed by atoms with Gasteiger partial charge in [0.15, 0.2) is 0 Å². The average molecular weight is 503 g/mol. The van der Waals surface area contributed by atoms with Crippen LogP contribution in [0, 0.1) is 5.41 Å². The molecular formula is C34H30O4. The van der Waals surface area contributed by atoms with E-state index in [-0.39, 0.29) is 17.9 Å². The molecule has 4 aromatic carbocycles. The smallest absolute Gasteiger partial charge is 0.316 e. The van der Waals surface area contributed by atoms with Gasteiger partial charge in [-0.2, -0.15) is 0 Å². The van der Waals surface area contributed by atoms with Gasteiger partial charge in [-0.1, -0.05) is 78.9 Å². The first-order chi connectivity index (χ1) is 18.2. The van der Waals surface area contributed by atoms with Gasteiger partial charge < -0.3 is 9.47 Å². The lowest BCUT2D eigenvalue weighted by Gasteiger charge is -2.51. The fourth-order valence-corrected chi connectivity index (χ4v) is 6.24. The van der Waals surface area contributed by atoms with Crippen LogP contribution in [0.25, 0.3) is 0 Å². The molecule has 0 radical (unpaired) electrons. The van der Waals surface area contributed by atoms with Gasteiger partial charge in [0.25, 0.3) is 0 Å². The molecule has 0 spiro atoms. The normalized spacial score (nSPS) is 18.7. The van der Waals surface area contributed by atoms with Gasteiger partial charge in [0, 0.05) is 24.0 Å². The van der Waals surface area contributed by atoms with Crippen molar-refractivity contribution in [2.75, 3.05) is 0 Å². The van der Waals surface area contributed by atoms with Crippen molar-refractivity contribution in [3.63, 3.8) is 0 Å². The Labute approximate surface area is 223 Å². The van der Waals surface area contributed by atoms with Crippen LogP contribution in [0.4, 0.5) is 0 Å². The third kappa shape index (κ3) is 3.59. The topological polar surface area (TPSA) is 52.6 Å². The second-order valence-electron chi connectivity index (χ2n) is 11.3. The molecule has 3 aliphatic carbocycles. The van der Waals surface area contributed by atoms with Gasteiger partial charge in [0.2, 0.25) is 0 Å². The molecule has 38 heavy (non-hydrogen) atoms. The number of benzene rings is 4. The summed E-state index contributed by atoms with van der Waals surface area (Å²) in [5.41, 5.74) is 6.38. The van der Waals surface area contributed by atoms with E-state index in [1.807, 2.05) is 39.0 Å². The largest absolute Gasteiger partial charge is 0.426 e. The SMILES string of the molecule is CC(=O)Oc1ccc(OC(=O)C(C)(C)C)c2c1C1(Cc3ccccc3)c3ccccc3C2c2ccccc21. The lowest BCUT2D eigenvalue weighted by molar-refractivity contribution is -0.143. The predicted octanol–water partition coefficient (Wildman–Crippen LogP) is 6.95. The Hall–Kier alpha value is -4.18. The quantitative estimate of drug-likeness (QED) is 0.224. The summed E-state index contributed by atoms with van der Waals surface area (Å²) in [6.07, 6.45) is 0.659. The highest BCUT2D eigenvalue weighted by Gasteiger charge is 2.54. The monoisotopic (exact) mass is 502 g/mol. The number of hydrogen-bond acceptors (Lipinski definition) is 4. The van der Waals surface area contributed by atoms with Gasteiger partial charge in [-0.3, -0.25) is 9.59 Å². The van der Waals surface area contributed by atoms with Crippen molar-refractivity contribution >= 4 is 11.9 Å². The summed E-state index contributed by atoms with van der Waals surface area (Å²) >= 11 is 0. The van der Waals surface area contributed by atoms with E-state index in [2.05, 4.69) is 60.7 Å². The zero-order valence-corrected chi connectivity index (χ0v) is 22.1. The van der Waals surface area contributed by atoms with Crippen LogP contribution in [0.2, 0.25) is 0 Å². The zero-order chi connectivity index (χ0) is 26.7. The summed E-state index contributed by atoms with van der Waals surface area (Å²) in [6, 6.07) is 30.9. The fourth-order valence-electron chi connectivity index (χ4n) is 6.24. The van der Waals surface area contributed by atoms with Crippen LogP contribution in [-0.2, 0) is 21.4 Å². The summed E-state index contributed by atoms with van der Waals surface area (Å²) in [4.78, 5) is 25.5. The predicted molar refractivity (Wildman–Crippen MR) is 147 cm³/mol. The van der Waals surface area contributed by atoms with E-state index in [1.165, 1.54) is 29.2 Å². The minimum Gasteiger partial charge on any atom is -0.426 e. The summed E-state index contributed by atoms with van der Waals surface area (Å²) in [5.74, 6) is 0.174. The van der Waals surface area contributed by atoms with Crippen LogP contribution in [0.15, 0.2) is 91.0 Å². The second-order valence-corrected chi connectivity index (χ2v) is 11.3. The second kappa shape index (κ2) is 8.70. The maximum atomic E-state index is 13.1. The third-order valence-corrected chi connectivity index (χ3v) is 7.73. The highest BCUT2D eigenvalue weighted by molar-refractivity contribution is 5.82. The summed E-state index contributed by atoms with van der Waals surface area (Å²) in [7, 11) is 0. The first-order valence-corrected chi connectivity index (χ1v) is 13.0. The van der Waals surface area contributed by atoms with Crippen molar-refractivity contribution in [3.8, 4) is 11.5 Å². The van der Waals surface area contributed by atoms with E-state index in [9.17, 15) is 9.59 Å². The molecule has 3 aliphatic rings. The molecule has 0 aromatic heterocycles. The first-order valence-electron chi connectivity index (χ1n) is 13.0. The molecule has 0 saturated carbocycles. The molecule has 0 aliphatic heterocycles. The van der Waals surface area contributed by atoms with Crippen LogP contribution in [0.1, 0.15) is 72.6 Å². The van der Waals surface area contributed by atoms with Crippen molar-refractivity contribution < 1.29 is 19.1 Å². The van der Waals surface area contributed by atoms with E-state index >= 15 is 0 Å². The number of carbonyl (C=O) groups excluding carboxylic acids is 2. The van der Waals surface area contributed by atoms with E-state index in [0.717, 1.165) is 16.7 Å². The number of esters is 2. The van der Waals surface area contributed by atoms with Crippen LogP contribution in [-0.4, -0.2) is 11.9 Å².